The fraction of sp³-hybridized carbons (Fsp3) is 0.571. The van der Waals surface area contributed by atoms with E-state index in [-0.39, 0.29) is 11.5 Å². The number of hydrogen-bond donors (Lipinski definition) is 1. The van der Waals surface area contributed by atoms with E-state index in [0.29, 0.717) is 19.1 Å². The van der Waals surface area contributed by atoms with Gasteiger partial charge in [-0.2, -0.15) is 0 Å². The molecule has 19 heavy (non-hydrogen) atoms. The van der Waals surface area contributed by atoms with Crippen LogP contribution in [0, 0.1) is 0 Å². The minimum atomic E-state index is -2.82. The Balaban J connectivity index is 2.11. The van der Waals surface area contributed by atoms with E-state index in [1.54, 1.807) is 0 Å². The van der Waals surface area contributed by atoms with Gasteiger partial charge in [0.1, 0.15) is 0 Å². The normalized spacial score (nSPS) is 18.8. The van der Waals surface area contributed by atoms with Crippen molar-refractivity contribution in [1.82, 2.24) is 5.32 Å². The Labute approximate surface area is 115 Å². The molecular formula is C14H22N2O2S. The molecule has 0 amide bonds. The molecule has 1 aromatic rings. The summed E-state index contributed by atoms with van der Waals surface area (Å²) < 4.78 is 23.0. The Bertz CT molecular complexity index is 512. The third kappa shape index (κ3) is 3.94. The van der Waals surface area contributed by atoms with Gasteiger partial charge in [0.15, 0.2) is 9.84 Å². The van der Waals surface area contributed by atoms with Gasteiger partial charge < -0.3 is 10.2 Å². The first-order chi connectivity index (χ1) is 8.98. The van der Waals surface area contributed by atoms with Crippen molar-refractivity contribution in [2.75, 3.05) is 29.5 Å². The molecule has 0 atom stereocenters. The first kappa shape index (κ1) is 14.3. The molecular weight excluding hydrogens is 260 g/mol. The molecule has 0 saturated carbocycles. The summed E-state index contributed by atoms with van der Waals surface area (Å²) in [6.45, 7) is 6.26. The summed E-state index contributed by atoms with van der Waals surface area (Å²) in [6, 6.07) is 8.66. The molecule has 0 bridgehead atoms. The smallest absolute Gasteiger partial charge is 0.153 e. The van der Waals surface area contributed by atoms with Crippen LogP contribution in [-0.2, 0) is 16.4 Å². The number of hydrogen-bond acceptors (Lipinski definition) is 4. The number of nitrogens with one attached hydrogen (secondary N) is 1. The highest BCUT2D eigenvalue weighted by molar-refractivity contribution is 7.91. The average Bonchev–Trinajstić information content (AvgIpc) is 2.37. The van der Waals surface area contributed by atoms with Crippen molar-refractivity contribution in [3.63, 3.8) is 0 Å². The van der Waals surface area contributed by atoms with Crippen molar-refractivity contribution in [2.24, 2.45) is 0 Å². The van der Waals surface area contributed by atoms with Crippen molar-refractivity contribution >= 4 is 15.5 Å². The molecule has 2 rings (SSSR count). The molecule has 0 radical (unpaired) electrons. The third-order valence-electron chi connectivity index (χ3n) is 3.38. The predicted molar refractivity (Wildman–Crippen MR) is 79.3 cm³/mol. The van der Waals surface area contributed by atoms with Crippen LogP contribution in [0.5, 0.6) is 0 Å². The van der Waals surface area contributed by atoms with Crippen molar-refractivity contribution in [3.05, 3.63) is 29.8 Å². The zero-order chi connectivity index (χ0) is 13.9. The summed E-state index contributed by atoms with van der Waals surface area (Å²) in [5.41, 5.74) is 2.39. The Hall–Kier alpha value is -1.07. The molecule has 0 unspecified atom stereocenters. The average molecular weight is 282 g/mol. The van der Waals surface area contributed by atoms with Crippen LogP contribution in [0.3, 0.4) is 0 Å². The summed E-state index contributed by atoms with van der Waals surface area (Å²) in [5, 5.41) is 3.41. The van der Waals surface area contributed by atoms with E-state index in [2.05, 4.69) is 36.2 Å². The van der Waals surface area contributed by atoms with Crippen LogP contribution in [-0.4, -0.2) is 39.1 Å². The quantitative estimate of drug-likeness (QED) is 0.907. The van der Waals surface area contributed by atoms with E-state index in [0.717, 1.165) is 12.2 Å². The van der Waals surface area contributed by atoms with Gasteiger partial charge in [-0.05, 0) is 11.6 Å². The molecule has 1 heterocycles. The Morgan fingerprint density at radius 3 is 2.47 bits per heavy atom. The van der Waals surface area contributed by atoms with Crippen molar-refractivity contribution in [1.29, 1.82) is 0 Å². The highest BCUT2D eigenvalue weighted by Crippen LogP contribution is 2.22. The number of rotatable bonds is 4. The molecule has 1 aliphatic heterocycles. The standard InChI is InChI=1S/C14H22N2O2S/c1-12(2)15-11-13-5-3-4-6-14(13)16-7-9-19(17,18)10-8-16/h3-6,12,15H,7-11H2,1-2H3. The molecule has 1 N–H and O–H groups in total. The van der Waals surface area contributed by atoms with Gasteiger partial charge >= 0.3 is 0 Å². The lowest BCUT2D eigenvalue weighted by Crippen LogP contribution is -2.41. The second-order valence-electron chi connectivity index (χ2n) is 5.30. The lowest BCUT2D eigenvalue weighted by atomic mass is 10.1. The Morgan fingerprint density at radius 2 is 1.84 bits per heavy atom. The van der Waals surface area contributed by atoms with Gasteiger partial charge in [0, 0.05) is 31.4 Å². The minimum Gasteiger partial charge on any atom is -0.369 e. The van der Waals surface area contributed by atoms with Gasteiger partial charge in [-0.1, -0.05) is 32.0 Å². The monoisotopic (exact) mass is 282 g/mol. The van der Waals surface area contributed by atoms with E-state index in [1.165, 1.54) is 5.56 Å². The summed E-state index contributed by atoms with van der Waals surface area (Å²) in [4.78, 5) is 2.18. The molecule has 0 aromatic heterocycles. The third-order valence-corrected chi connectivity index (χ3v) is 4.99. The number of sulfone groups is 1. The fourth-order valence-electron chi connectivity index (χ4n) is 2.24. The first-order valence-corrected chi connectivity index (χ1v) is 8.57. The number of para-hydroxylation sites is 1. The maximum atomic E-state index is 11.5. The van der Waals surface area contributed by atoms with Gasteiger partial charge in [0.05, 0.1) is 11.5 Å². The predicted octanol–water partition coefficient (Wildman–Crippen LogP) is 1.42. The van der Waals surface area contributed by atoms with Crippen LogP contribution in [0.15, 0.2) is 24.3 Å². The molecule has 5 heteroatoms. The van der Waals surface area contributed by atoms with Crippen molar-refractivity contribution in [2.45, 2.75) is 26.4 Å². The summed E-state index contributed by atoms with van der Waals surface area (Å²) in [5.74, 6) is 0.526. The molecule has 0 spiro atoms. The van der Waals surface area contributed by atoms with Crippen LogP contribution in [0.25, 0.3) is 0 Å². The minimum absolute atomic E-state index is 0.263. The van der Waals surface area contributed by atoms with E-state index in [9.17, 15) is 8.42 Å². The second kappa shape index (κ2) is 5.92. The molecule has 106 valence electrons. The van der Waals surface area contributed by atoms with Crippen LogP contribution in [0.4, 0.5) is 5.69 Å². The maximum Gasteiger partial charge on any atom is 0.153 e. The van der Waals surface area contributed by atoms with Crippen molar-refractivity contribution in [3.8, 4) is 0 Å². The first-order valence-electron chi connectivity index (χ1n) is 6.74. The molecule has 1 fully saturated rings. The summed E-state index contributed by atoms with van der Waals surface area (Å²) in [7, 11) is -2.82. The van der Waals surface area contributed by atoms with Crippen LogP contribution >= 0.6 is 0 Å². The van der Waals surface area contributed by atoms with E-state index in [1.807, 2.05) is 12.1 Å². The SMILES string of the molecule is CC(C)NCc1ccccc1N1CCS(=O)(=O)CC1. The number of nitrogens with zero attached hydrogens (tertiary/aromatic N) is 1. The lowest BCUT2D eigenvalue weighted by Gasteiger charge is -2.30. The van der Waals surface area contributed by atoms with Gasteiger partial charge in [0.2, 0.25) is 0 Å². The maximum absolute atomic E-state index is 11.5. The van der Waals surface area contributed by atoms with E-state index in [4.69, 9.17) is 0 Å². The van der Waals surface area contributed by atoms with Crippen LogP contribution < -0.4 is 10.2 Å². The van der Waals surface area contributed by atoms with Gasteiger partial charge in [-0.15, -0.1) is 0 Å². The Kier molecular flexibility index (Phi) is 4.47. The van der Waals surface area contributed by atoms with Crippen molar-refractivity contribution < 1.29 is 8.42 Å². The highest BCUT2D eigenvalue weighted by atomic mass is 32.2. The largest absolute Gasteiger partial charge is 0.369 e. The van der Waals surface area contributed by atoms with Crippen LogP contribution in [0.1, 0.15) is 19.4 Å². The van der Waals surface area contributed by atoms with Crippen LogP contribution in [0.2, 0.25) is 0 Å². The molecule has 1 aromatic carbocycles. The van der Waals surface area contributed by atoms with Gasteiger partial charge in [0.25, 0.3) is 0 Å². The second-order valence-corrected chi connectivity index (χ2v) is 7.61. The molecule has 1 aliphatic rings. The summed E-state index contributed by atoms with van der Waals surface area (Å²) >= 11 is 0. The summed E-state index contributed by atoms with van der Waals surface area (Å²) in [6.07, 6.45) is 0. The topological polar surface area (TPSA) is 49.4 Å². The van der Waals surface area contributed by atoms with Gasteiger partial charge in [-0.25, -0.2) is 8.42 Å². The lowest BCUT2D eigenvalue weighted by molar-refractivity contribution is 0.582. The zero-order valence-electron chi connectivity index (χ0n) is 11.6. The van der Waals surface area contributed by atoms with E-state index >= 15 is 0 Å². The highest BCUT2D eigenvalue weighted by Gasteiger charge is 2.22. The molecule has 0 aliphatic carbocycles. The number of benzene rings is 1. The number of anilines is 1. The molecule has 4 nitrogen and oxygen atoms in total. The van der Waals surface area contributed by atoms with Gasteiger partial charge in [-0.3, -0.25) is 0 Å². The zero-order valence-corrected chi connectivity index (χ0v) is 12.4. The fourth-order valence-corrected chi connectivity index (χ4v) is 3.44. The van der Waals surface area contributed by atoms with E-state index < -0.39 is 9.84 Å². The molecule has 1 saturated heterocycles. The Morgan fingerprint density at radius 1 is 1.21 bits per heavy atom.